The number of hydrogen-bond donors (Lipinski definition) is 0. The third kappa shape index (κ3) is 2.41. The van der Waals surface area contributed by atoms with Crippen LogP contribution in [0, 0.1) is 5.92 Å². The van der Waals surface area contributed by atoms with E-state index >= 15 is 0 Å². The Kier molecular flexibility index (Phi) is 3.56. The van der Waals surface area contributed by atoms with E-state index < -0.39 is 0 Å². The van der Waals surface area contributed by atoms with Gasteiger partial charge in [-0.2, -0.15) is 11.8 Å². The predicted molar refractivity (Wildman–Crippen MR) is 58.0 cm³/mol. The summed E-state index contributed by atoms with van der Waals surface area (Å²) in [6, 6.07) is 0. The summed E-state index contributed by atoms with van der Waals surface area (Å²) < 4.78 is 5.45. The highest BCUT2D eigenvalue weighted by molar-refractivity contribution is 8.00. The summed E-state index contributed by atoms with van der Waals surface area (Å²) in [6.45, 7) is 0. The van der Waals surface area contributed by atoms with Crippen LogP contribution < -0.4 is 0 Å². The van der Waals surface area contributed by atoms with Crippen molar-refractivity contribution >= 4 is 11.8 Å². The SMILES string of the molecule is COC1CCSC([C]2CCCC2)C1. The summed E-state index contributed by atoms with van der Waals surface area (Å²) in [5.41, 5.74) is 0. The molecule has 1 nitrogen and oxygen atoms in total. The molecule has 2 heteroatoms. The van der Waals surface area contributed by atoms with Crippen molar-refractivity contribution in [3.63, 3.8) is 0 Å². The first-order chi connectivity index (χ1) is 6.40. The van der Waals surface area contributed by atoms with E-state index in [9.17, 15) is 0 Å². The third-order valence-corrected chi connectivity index (χ3v) is 4.67. The quantitative estimate of drug-likeness (QED) is 0.676. The zero-order valence-corrected chi connectivity index (χ0v) is 9.24. The Labute approximate surface area is 85.6 Å². The lowest BCUT2D eigenvalue weighted by Crippen LogP contribution is -2.27. The van der Waals surface area contributed by atoms with E-state index in [1.165, 1.54) is 44.3 Å². The topological polar surface area (TPSA) is 9.23 Å². The molecule has 1 saturated carbocycles. The van der Waals surface area contributed by atoms with Crippen molar-refractivity contribution in [2.24, 2.45) is 0 Å². The number of hydrogen-bond acceptors (Lipinski definition) is 2. The highest BCUT2D eigenvalue weighted by atomic mass is 32.2. The molecule has 1 heterocycles. The average molecular weight is 199 g/mol. The zero-order valence-electron chi connectivity index (χ0n) is 8.42. The van der Waals surface area contributed by atoms with Crippen LogP contribution in [-0.4, -0.2) is 24.2 Å². The lowest BCUT2D eigenvalue weighted by molar-refractivity contribution is 0.0903. The molecule has 2 atom stereocenters. The largest absolute Gasteiger partial charge is 0.381 e. The summed E-state index contributed by atoms with van der Waals surface area (Å²) in [6.07, 6.45) is 8.73. The van der Waals surface area contributed by atoms with Gasteiger partial charge in [-0.15, -0.1) is 0 Å². The molecule has 1 radical (unpaired) electrons. The van der Waals surface area contributed by atoms with Crippen LogP contribution in [0.5, 0.6) is 0 Å². The van der Waals surface area contributed by atoms with E-state index in [0.717, 1.165) is 5.25 Å². The van der Waals surface area contributed by atoms with Gasteiger partial charge in [-0.1, -0.05) is 12.8 Å². The van der Waals surface area contributed by atoms with Crippen LogP contribution in [0.3, 0.4) is 0 Å². The van der Waals surface area contributed by atoms with E-state index in [2.05, 4.69) is 11.8 Å². The van der Waals surface area contributed by atoms with Crippen LogP contribution in [0.15, 0.2) is 0 Å². The highest BCUT2D eigenvalue weighted by Gasteiger charge is 2.30. The Balaban J connectivity index is 1.84. The fraction of sp³-hybridized carbons (Fsp3) is 0.909. The zero-order chi connectivity index (χ0) is 9.10. The number of ether oxygens (including phenoxy) is 1. The summed E-state index contributed by atoms with van der Waals surface area (Å²) in [7, 11) is 1.86. The number of rotatable bonds is 2. The van der Waals surface area contributed by atoms with Gasteiger partial charge in [0.25, 0.3) is 0 Å². The van der Waals surface area contributed by atoms with Crippen LogP contribution in [0.4, 0.5) is 0 Å². The molecule has 75 valence electrons. The third-order valence-electron chi connectivity index (χ3n) is 3.27. The molecule has 0 spiro atoms. The van der Waals surface area contributed by atoms with Crippen LogP contribution >= 0.6 is 11.8 Å². The molecular formula is C11H19OS. The molecule has 1 aliphatic carbocycles. The monoisotopic (exact) mass is 199 g/mol. The van der Waals surface area contributed by atoms with Crippen LogP contribution in [0.1, 0.15) is 38.5 Å². The molecule has 0 bridgehead atoms. The van der Waals surface area contributed by atoms with Gasteiger partial charge in [-0.25, -0.2) is 0 Å². The van der Waals surface area contributed by atoms with Crippen LogP contribution in [0.25, 0.3) is 0 Å². The van der Waals surface area contributed by atoms with Crippen molar-refractivity contribution in [2.75, 3.05) is 12.9 Å². The average Bonchev–Trinajstić information content (AvgIpc) is 2.71. The molecule has 2 aliphatic rings. The second kappa shape index (κ2) is 4.70. The van der Waals surface area contributed by atoms with Gasteiger partial charge in [0.2, 0.25) is 0 Å². The summed E-state index contributed by atoms with van der Waals surface area (Å²) >= 11 is 2.16. The fourth-order valence-corrected chi connectivity index (χ4v) is 3.92. The lowest BCUT2D eigenvalue weighted by atomic mass is 9.97. The highest BCUT2D eigenvalue weighted by Crippen LogP contribution is 2.41. The summed E-state index contributed by atoms with van der Waals surface area (Å²) in [5.74, 6) is 3.12. The van der Waals surface area contributed by atoms with Crippen molar-refractivity contribution in [3.8, 4) is 0 Å². The molecule has 0 aromatic carbocycles. The van der Waals surface area contributed by atoms with Crippen molar-refractivity contribution < 1.29 is 4.74 Å². The first-order valence-corrected chi connectivity index (χ1v) is 6.44. The molecule has 2 fully saturated rings. The minimum atomic E-state index is 0.541. The first-order valence-electron chi connectivity index (χ1n) is 5.39. The van der Waals surface area contributed by atoms with Gasteiger partial charge in [-0.05, 0) is 37.4 Å². The Morgan fingerprint density at radius 3 is 2.77 bits per heavy atom. The van der Waals surface area contributed by atoms with Crippen molar-refractivity contribution in [2.45, 2.75) is 49.9 Å². The molecule has 1 aliphatic heterocycles. The Bertz CT molecular complexity index is 154. The van der Waals surface area contributed by atoms with E-state index in [1.807, 2.05) is 13.0 Å². The van der Waals surface area contributed by atoms with E-state index in [0.29, 0.717) is 6.10 Å². The molecule has 0 aromatic heterocycles. The molecule has 1 saturated heterocycles. The van der Waals surface area contributed by atoms with Gasteiger partial charge in [-0.3, -0.25) is 0 Å². The van der Waals surface area contributed by atoms with Gasteiger partial charge in [0.1, 0.15) is 0 Å². The van der Waals surface area contributed by atoms with Crippen LogP contribution in [0.2, 0.25) is 0 Å². The minimum absolute atomic E-state index is 0.541. The summed E-state index contributed by atoms with van der Waals surface area (Å²) in [4.78, 5) is 0. The second-order valence-electron chi connectivity index (χ2n) is 4.11. The molecule has 0 N–H and O–H groups in total. The standard InChI is InChI=1S/C11H19OS/c1-12-10-6-7-13-11(8-10)9-4-2-3-5-9/h10-11H,2-8H2,1H3. The molecule has 0 amide bonds. The maximum Gasteiger partial charge on any atom is 0.0590 e. The predicted octanol–water partition coefficient (Wildman–Crippen LogP) is 3.05. The van der Waals surface area contributed by atoms with Gasteiger partial charge in [0.05, 0.1) is 6.10 Å². The summed E-state index contributed by atoms with van der Waals surface area (Å²) in [5, 5.41) is 0.834. The maximum atomic E-state index is 5.45. The molecule has 2 unspecified atom stereocenters. The van der Waals surface area contributed by atoms with Gasteiger partial charge in [0.15, 0.2) is 0 Å². The fourth-order valence-electron chi connectivity index (χ4n) is 2.42. The number of thioether (sulfide) groups is 1. The van der Waals surface area contributed by atoms with Crippen molar-refractivity contribution in [3.05, 3.63) is 5.92 Å². The Morgan fingerprint density at radius 1 is 1.31 bits per heavy atom. The second-order valence-corrected chi connectivity index (χ2v) is 5.42. The normalized spacial score (nSPS) is 36.7. The lowest BCUT2D eigenvalue weighted by Gasteiger charge is -2.31. The molecule has 0 aromatic rings. The van der Waals surface area contributed by atoms with Crippen molar-refractivity contribution in [1.29, 1.82) is 0 Å². The maximum absolute atomic E-state index is 5.45. The van der Waals surface area contributed by atoms with Gasteiger partial charge in [0, 0.05) is 12.4 Å². The number of methoxy groups -OCH3 is 1. The minimum Gasteiger partial charge on any atom is -0.381 e. The first kappa shape index (κ1) is 9.85. The molecular weight excluding hydrogens is 180 g/mol. The van der Waals surface area contributed by atoms with E-state index in [1.54, 1.807) is 0 Å². The van der Waals surface area contributed by atoms with E-state index in [-0.39, 0.29) is 0 Å². The van der Waals surface area contributed by atoms with E-state index in [4.69, 9.17) is 4.74 Å². The smallest absolute Gasteiger partial charge is 0.0590 e. The van der Waals surface area contributed by atoms with Crippen LogP contribution in [-0.2, 0) is 4.74 Å². The molecule has 2 rings (SSSR count). The molecule has 13 heavy (non-hydrogen) atoms. The Hall–Kier alpha value is 0.310. The van der Waals surface area contributed by atoms with Gasteiger partial charge < -0.3 is 4.74 Å². The van der Waals surface area contributed by atoms with Gasteiger partial charge >= 0.3 is 0 Å². The van der Waals surface area contributed by atoms with Crippen molar-refractivity contribution in [1.82, 2.24) is 0 Å². The Morgan fingerprint density at radius 2 is 2.08 bits per heavy atom.